The number of hydrogen-bond donors (Lipinski definition) is 23. The highest BCUT2D eigenvalue weighted by molar-refractivity contribution is 5.76. The van der Waals surface area contributed by atoms with Gasteiger partial charge in [0, 0.05) is 40.0 Å². The Morgan fingerprint density at radius 3 is 1.35 bits per heavy atom. The predicted molar refractivity (Wildman–Crippen MR) is 436 cm³/mol. The monoisotopic (exact) mass is 1780 g/mol. The molecule has 0 aromatic carbocycles. The highest BCUT2D eigenvalue weighted by Gasteiger charge is 2.61. The van der Waals surface area contributed by atoms with E-state index in [0.717, 1.165) is 85.5 Å². The molecule has 718 valence electrons. The molecule has 34 atom stereocenters. The number of ether oxygens (including phenoxy) is 12. The molecule has 23 N–H and O–H groups in total. The Kier molecular flexibility index (Phi) is 48.8. The molecule has 0 aliphatic carbocycles. The van der Waals surface area contributed by atoms with E-state index < -0.39 is 284 Å². The number of nitrogens with one attached hydrogen (secondary N) is 4. The van der Waals surface area contributed by atoms with Crippen molar-refractivity contribution >= 4 is 23.6 Å². The number of aliphatic hydroxyl groups is 19. The summed E-state index contributed by atoms with van der Waals surface area (Å²) in [6.07, 6.45) is -22.7. The summed E-state index contributed by atoms with van der Waals surface area (Å²) in [7, 11) is 0. The van der Waals surface area contributed by atoms with Crippen LogP contribution in [0.3, 0.4) is 0 Å². The van der Waals surface area contributed by atoms with E-state index in [4.69, 9.17) is 56.8 Å². The number of aliphatic hydroxyl groups excluding tert-OH is 19. The molecule has 6 rings (SSSR count). The zero-order chi connectivity index (χ0) is 90.7. The lowest BCUT2D eigenvalue weighted by Crippen LogP contribution is -2.71. The molecule has 6 heterocycles. The minimum Gasteiger partial charge on any atom is -0.394 e. The van der Waals surface area contributed by atoms with Crippen molar-refractivity contribution in [1.82, 2.24) is 21.3 Å². The Morgan fingerprint density at radius 2 is 0.846 bits per heavy atom. The topological polar surface area (TPSA) is 612 Å². The van der Waals surface area contributed by atoms with E-state index in [1.165, 1.54) is 110 Å². The van der Waals surface area contributed by atoms with Crippen molar-refractivity contribution in [2.45, 2.75) is 448 Å². The summed E-state index contributed by atoms with van der Waals surface area (Å²) >= 11 is 0. The van der Waals surface area contributed by atoms with Crippen LogP contribution in [0.15, 0.2) is 12.2 Å². The smallest absolute Gasteiger partial charge is 0.220 e. The number of hydrogen-bond acceptors (Lipinski definition) is 35. The normalized spacial score (nSPS) is 36.0. The fourth-order valence-corrected chi connectivity index (χ4v) is 17.0. The molecule has 123 heavy (non-hydrogen) atoms. The Morgan fingerprint density at radius 1 is 0.431 bits per heavy atom. The maximum Gasteiger partial charge on any atom is 0.220 e. The third kappa shape index (κ3) is 33.3. The zero-order valence-corrected chi connectivity index (χ0v) is 72.8. The molecule has 6 saturated heterocycles. The van der Waals surface area contributed by atoms with Crippen molar-refractivity contribution in [1.29, 1.82) is 0 Å². The van der Waals surface area contributed by atoms with Crippen LogP contribution in [0.4, 0.5) is 0 Å². The van der Waals surface area contributed by atoms with Crippen LogP contribution in [0.1, 0.15) is 241 Å². The molecule has 0 saturated carbocycles. The molecular formula is C84H152N4O35. The van der Waals surface area contributed by atoms with Gasteiger partial charge < -0.3 is 175 Å². The largest absolute Gasteiger partial charge is 0.394 e. The minimum absolute atomic E-state index is 0.132. The first-order valence-electron chi connectivity index (χ1n) is 44.9. The van der Waals surface area contributed by atoms with E-state index in [1.54, 1.807) is 6.08 Å². The summed E-state index contributed by atoms with van der Waals surface area (Å²) < 4.78 is 74.5. The van der Waals surface area contributed by atoms with Crippen molar-refractivity contribution in [3.63, 3.8) is 0 Å². The molecule has 4 amide bonds. The van der Waals surface area contributed by atoms with Crippen molar-refractivity contribution in [2.75, 3.05) is 46.2 Å². The molecule has 0 bridgehead atoms. The standard InChI is InChI=1S/C84H152N4O35/c1-8-10-12-14-16-18-20-22-23-25-27-29-31-33-35-37-60(102)88-50(51(98)36-34-32-30-28-26-24-21-19-17-15-13-11-9-2)46-112-80-71(110)69(108)73(58(44-93)115-80)117-82-72(111)78(74(59(45-94)116-82)118-79-63(87-49(5)97)75(66(105)56(42-91)113-79)119-81-70(109)68(107)65(104)55(41-90)114-81)123-84(7)39-53(100)62(86-48(4)96)77(122-84)67(106)57(43-92)120-83(6)38-52(99)61(85-47(3)95)76(121-83)64(103)54(101)40-89/h34,36,50-59,61-82,89-94,98-101,103-111H,8-33,35,37-46H2,1-7H3,(H,85,95)(H,86,96)(H,87,97)(H,88,102)/b36-34+/t50?,51?,52?,53?,54-,55?,56?,57-,58?,59?,61?,62?,63?,64-,65?,66?,67-,68?,69?,70?,71?,72?,73?,74?,75?,76?,77?,78?,79?,80?,81?,82?,83?,84?/m1/s1. The van der Waals surface area contributed by atoms with Gasteiger partial charge in [0.25, 0.3) is 0 Å². The van der Waals surface area contributed by atoms with Gasteiger partial charge in [-0.25, -0.2) is 0 Å². The predicted octanol–water partition coefficient (Wildman–Crippen LogP) is -2.00. The van der Waals surface area contributed by atoms with E-state index >= 15 is 0 Å². The van der Waals surface area contributed by atoms with Gasteiger partial charge in [0.05, 0.1) is 82.7 Å². The van der Waals surface area contributed by atoms with Gasteiger partial charge in [-0.15, -0.1) is 0 Å². The molecule has 30 unspecified atom stereocenters. The van der Waals surface area contributed by atoms with Crippen molar-refractivity contribution < 1.29 is 173 Å². The summed E-state index contributed by atoms with van der Waals surface area (Å²) in [5.74, 6) is -7.49. The van der Waals surface area contributed by atoms with Crippen LogP contribution in [0.5, 0.6) is 0 Å². The van der Waals surface area contributed by atoms with Crippen LogP contribution in [-0.2, 0) is 76.0 Å². The van der Waals surface area contributed by atoms with Gasteiger partial charge in [0.15, 0.2) is 36.7 Å². The summed E-state index contributed by atoms with van der Waals surface area (Å²) in [5, 5.41) is 226. The van der Waals surface area contributed by atoms with Crippen molar-refractivity contribution in [3.8, 4) is 0 Å². The lowest BCUT2D eigenvalue weighted by Gasteiger charge is -2.53. The van der Waals surface area contributed by atoms with Gasteiger partial charge in [0.1, 0.15) is 134 Å². The van der Waals surface area contributed by atoms with Crippen LogP contribution < -0.4 is 21.3 Å². The molecule has 0 aromatic heterocycles. The maximum absolute atomic E-state index is 13.7. The van der Waals surface area contributed by atoms with E-state index in [9.17, 15) is 116 Å². The molecule has 0 radical (unpaired) electrons. The van der Waals surface area contributed by atoms with E-state index in [1.807, 2.05) is 6.08 Å². The summed E-state index contributed by atoms with van der Waals surface area (Å²) in [4.78, 5) is 52.4. The molecule has 0 spiro atoms. The van der Waals surface area contributed by atoms with E-state index in [2.05, 4.69) is 35.1 Å². The second kappa shape index (κ2) is 55.5. The number of amides is 4. The van der Waals surface area contributed by atoms with E-state index in [0.29, 0.717) is 12.8 Å². The third-order valence-electron chi connectivity index (χ3n) is 23.9. The highest BCUT2D eigenvalue weighted by Crippen LogP contribution is 2.43. The summed E-state index contributed by atoms with van der Waals surface area (Å²) in [6, 6.07) is -6.14. The van der Waals surface area contributed by atoms with Crippen LogP contribution in [-0.4, -0.2) is 374 Å². The average molecular weight is 1780 g/mol. The van der Waals surface area contributed by atoms with Gasteiger partial charge in [-0.1, -0.05) is 180 Å². The third-order valence-corrected chi connectivity index (χ3v) is 23.9. The molecule has 39 heteroatoms. The zero-order valence-electron chi connectivity index (χ0n) is 72.8. The number of unbranched alkanes of at least 4 members (excludes halogenated alkanes) is 25. The van der Waals surface area contributed by atoms with E-state index in [-0.39, 0.29) is 12.3 Å². The lowest BCUT2D eigenvalue weighted by atomic mass is 9.87. The van der Waals surface area contributed by atoms with Crippen molar-refractivity contribution in [2.24, 2.45) is 0 Å². The first kappa shape index (κ1) is 108. The minimum atomic E-state index is -2.48. The van der Waals surface area contributed by atoms with Crippen LogP contribution in [0.2, 0.25) is 0 Å². The molecular weight excluding hydrogens is 1620 g/mol. The number of allylic oxidation sites excluding steroid dienone is 1. The summed E-state index contributed by atoms with van der Waals surface area (Å²) in [6.45, 7) is 2.95. The van der Waals surface area contributed by atoms with Gasteiger partial charge in [-0.2, -0.15) is 0 Å². The Labute approximate surface area is 722 Å². The molecule has 6 aliphatic rings. The number of rotatable bonds is 57. The van der Waals surface area contributed by atoms with Gasteiger partial charge in [-0.05, 0) is 33.1 Å². The number of carbonyl (C=O) groups excluding carboxylic acids is 4. The van der Waals surface area contributed by atoms with Crippen molar-refractivity contribution in [3.05, 3.63) is 12.2 Å². The molecule has 39 nitrogen and oxygen atoms in total. The van der Waals surface area contributed by atoms with Gasteiger partial charge in [-0.3, -0.25) is 19.2 Å². The van der Waals surface area contributed by atoms with Crippen LogP contribution >= 0.6 is 0 Å². The molecule has 0 aromatic rings. The Bertz CT molecular complexity index is 2980. The molecule has 6 aliphatic heterocycles. The van der Waals surface area contributed by atoms with Crippen LogP contribution in [0.25, 0.3) is 0 Å². The highest BCUT2D eigenvalue weighted by atomic mass is 16.8. The fourth-order valence-electron chi connectivity index (χ4n) is 17.0. The first-order valence-corrected chi connectivity index (χ1v) is 44.9. The van der Waals surface area contributed by atoms with Gasteiger partial charge >= 0.3 is 0 Å². The summed E-state index contributed by atoms with van der Waals surface area (Å²) in [5.41, 5.74) is 0. The Balaban J connectivity index is 1.29. The maximum atomic E-state index is 13.7. The fraction of sp³-hybridized carbons (Fsp3) is 0.929. The lowest BCUT2D eigenvalue weighted by molar-refractivity contribution is -0.407. The van der Waals surface area contributed by atoms with Gasteiger partial charge in [0.2, 0.25) is 23.6 Å². The quantitative estimate of drug-likeness (QED) is 0.0231. The average Bonchev–Trinajstić information content (AvgIpc) is 0.753. The SMILES string of the molecule is CCCCCCCCCCCCC/C=C/C(O)C(COC1OC(CO)C(OC2OC(CO)C(OC3OC(CO)C(O)C(OC4OC(CO)C(O)C(O)C4O)C3NC(C)=O)C(OC3(C)CC(O)C(NC(C)=O)C([C@H](O)[C@@H](CO)OC4(C)CC(O)C(NC(C)=O)C([C@H](O)[C@H](O)CO)O4)O3)C2O)C(O)C1O)NC(=O)CCCCCCCCCCCCCCCCC. The van der Waals surface area contributed by atoms with Crippen LogP contribution in [0, 0.1) is 0 Å². The molecule has 6 fully saturated rings. The Hall–Kier alpha value is -3.62. The number of carbonyl (C=O) groups is 4. The second-order valence-electron chi connectivity index (χ2n) is 34.4. The first-order chi connectivity index (χ1) is 58.7. The second-order valence-corrected chi connectivity index (χ2v) is 34.4.